The summed E-state index contributed by atoms with van der Waals surface area (Å²) in [6.45, 7) is 0.453. The van der Waals surface area contributed by atoms with Crippen molar-refractivity contribution in [3.63, 3.8) is 0 Å². The maximum absolute atomic E-state index is 12.3. The number of carbonyl (C=O) groups excluding carboxylic acids is 3. The van der Waals surface area contributed by atoms with E-state index in [9.17, 15) is 14.4 Å². The van der Waals surface area contributed by atoms with Crippen LogP contribution < -0.4 is 5.32 Å². The summed E-state index contributed by atoms with van der Waals surface area (Å²) in [4.78, 5) is 41.8. The number of thioether (sulfide) groups is 1. The van der Waals surface area contributed by atoms with E-state index in [2.05, 4.69) is 22.5 Å². The highest BCUT2D eigenvalue weighted by Gasteiger charge is 2.34. The molecule has 1 saturated heterocycles. The number of imide groups is 1. The van der Waals surface area contributed by atoms with Crippen LogP contribution in [0.15, 0.2) is 41.6 Å². The van der Waals surface area contributed by atoms with Crippen LogP contribution in [0.1, 0.15) is 24.8 Å². The lowest BCUT2D eigenvalue weighted by Crippen LogP contribution is -2.37. The zero-order valence-electron chi connectivity index (χ0n) is 13.7. The van der Waals surface area contributed by atoms with E-state index >= 15 is 0 Å². The number of hydrogen-bond acceptors (Lipinski definition) is 5. The van der Waals surface area contributed by atoms with E-state index in [0.29, 0.717) is 17.2 Å². The maximum Gasteiger partial charge on any atom is 0.293 e. The lowest BCUT2D eigenvalue weighted by molar-refractivity contribution is -0.124. The van der Waals surface area contributed by atoms with E-state index in [1.165, 1.54) is 4.90 Å². The molecule has 3 rings (SSSR count). The summed E-state index contributed by atoms with van der Waals surface area (Å²) in [7, 11) is 0. The van der Waals surface area contributed by atoms with Crippen LogP contribution in [-0.2, 0) is 9.59 Å². The lowest BCUT2D eigenvalue weighted by atomic mass is 10.1. The Bertz CT molecular complexity index is 730. The van der Waals surface area contributed by atoms with Gasteiger partial charge in [0, 0.05) is 31.9 Å². The molecule has 7 heteroatoms. The van der Waals surface area contributed by atoms with Crippen LogP contribution in [-0.4, -0.2) is 40.0 Å². The molecule has 1 aromatic rings. The predicted molar refractivity (Wildman–Crippen MR) is 96.4 cm³/mol. The third-order valence-electron chi connectivity index (χ3n) is 4.07. The Labute approximate surface area is 150 Å². The van der Waals surface area contributed by atoms with E-state index < -0.39 is 0 Å². The number of hydrogen-bond donors (Lipinski definition) is 1. The van der Waals surface area contributed by atoms with E-state index in [4.69, 9.17) is 0 Å². The number of amides is 3. The molecule has 1 aliphatic carbocycles. The second kappa shape index (κ2) is 8.11. The molecule has 0 bridgehead atoms. The average Bonchev–Trinajstić information content (AvgIpc) is 3.19. The summed E-state index contributed by atoms with van der Waals surface area (Å²) in [6.07, 6.45) is 11.6. The molecular formula is C18H19N3O3S. The Hall–Kier alpha value is -2.41. The van der Waals surface area contributed by atoms with E-state index in [1.807, 2.05) is 6.07 Å². The fraction of sp³-hybridized carbons (Fsp3) is 0.333. The Morgan fingerprint density at radius 1 is 1.44 bits per heavy atom. The van der Waals surface area contributed by atoms with E-state index in [1.54, 1.807) is 24.5 Å². The molecular weight excluding hydrogens is 338 g/mol. The molecule has 130 valence electrons. The first kappa shape index (κ1) is 17.4. The molecule has 1 unspecified atom stereocenters. The van der Waals surface area contributed by atoms with Crippen LogP contribution >= 0.6 is 11.8 Å². The third-order valence-corrected chi connectivity index (χ3v) is 4.98. The van der Waals surface area contributed by atoms with Gasteiger partial charge in [0.15, 0.2) is 0 Å². The lowest BCUT2D eigenvalue weighted by Gasteiger charge is -2.13. The van der Waals surface area contributed by atoms with Gasteiger partial charge in [-0.2, -0.15) is 0 Å². The number of rotatable bonds is 6. The summed E-state index contributed by atoms with van der Waals surface area (Å²) in [5.74, 6) is -0.0686. The third kappa shape index (κ3) is 4.57. The Kier molecular flexibility index (Phi) is 5.65. The van der Waals surface area contributed by atoms with Crippen molar-refractivity contribution in [2.75, 3.05) is 13.1 Å². The molecule has 6 nitrogen and oxygen atoms in total. The van der Waals surface area contributed by atoms with E-state index in [0.717, 1.165) is 30.2 Å². The van der Waals surface area contributed by atoms with Gasteiger partial charge in [0.05, 0.1) is 4.91 Å². The van der Waals surface area contributed by atoms with Gasteiger partial charge in [-0.1, -0.05) is 18.2 Å². The maximum atomic E-state index is 12.3. The minimum Gasteiger partial charge on any atom is -0.354 e. The van der Waals surface area contributed by atoms with Gasteiger partial charge in [0.25, 0.3) is 11.1 Å². The fourth-order valence-corrected chi connectivity index (χ4v) is 3.65. The van der Waals surface area contributed by atoms with Crippen molar-refractivity contribution in [1.29, 1.82) is 0 Å². The topological polar surface area (TPSA) is 79.4 Å². The highest BCUT2D eigenvalue weighted by Crippen LogP contribution is 2.31. The fourth-order valence-electron chi connectivity index (χ4n) is 2.79. The second-order valence-corrected chi connectivity index (χ2v) is 6.93. The van der Waals surface area contributed by atoms with Crippen LogP contribution in [0.3, 0.4) is 0 Å². The highest BCUT2D eigenvalue weighted by atomic mass is 32.2. The van der Waals surface area contributed by atoms with Gasteiger partial charge in [-0.15, -0.1) is 0 Å². The van der Waals surface area contributed by atoms with Crippen LogP contribution in [0.25, 0.3) is 6.08 Å². The molecule has 2 heterocycles. The first-order chi connectivity index (χ1) is 12.1. The highest BCUT2D eigenvalue weighted by molar-refractivity contribution is 8.18. The molecule has 3 amide bonds. The number of nitrogens with zero attached hydrogens (tertiary/aromatic N) is 2. The monoisotopic (exact) mass is 357 g/mol. The van der Waals surface area contributed by atoms with Gasteiger partial charge < -0.3 is 5.32 Å². The molecule has 1 aromatic heterocycles. The number of pyridine rings is 1. The van der Waals surface area contributed by atoms with Crippen molar-refractivity contribution in [1.82, 2.24) is 15.2 Å². The molecule has 2 aliphatic rings. The minimum atomic E-state index is -0.327. The van der Waals surface area contributed by atoms with Gasteiger partial charge in [0.2, 0.25) is 5.91 Å². The first-order valence-electron chi connectivity index (χ1n) is 8.22. The van der Waals surface area contributed by atoms with Crippen LogP contribution in [0.5, 0.6) is 0 Å². The Morgan fingerprint density at radius 2 is 2.32 bits per heavy atom. The zero-order chi connectivity index (χ0) is 17.6. The van der Waals surface area contributed by atoms with Crippen molar-refractivity contribution in [3.05, 3.63) is 47.1 Å². The summed E-state index contributed by atoms with van der Waals surface area (Å²) < 4.78 is 0. The number of aromatic nitrogens is 1. The molecule has 0 spiro atoms. The smallest absolute Gasteiger partial charge is 0.293 e. The van der Waals surface area contributed by atoms with Gasteiger partial charge >= 0.3 is 0 Å². The van der Waals surface area contributed by atoms with Crippen molar-refractivity contribution in [2.45, 2.75) is 19.3 Å². The minimum absolute atomic E-state index is 0.0468. The molecule has 0 aromatic carbocycles. The molecule has 25 heavy (non-hydrogen) atoms. The standard InChI is InChI=1S/C18H19N3O3S/c22-16(11-13-4-1-2-5-13)20-8-9-21-17(23)15(25-18(21)24)10-14-6-3-7-19-12-14/h1,3-4,6-7,10,12-13H,2,5,8-9,11H2,(H,20,22)/b15-10-. The van der Waals surface area contributed by atoms with Gasteiger partial charge in [0.1, 0.15) is 0 Å². The SMILES string of the molecule is O=C(CC1C=CCC1)NCCN1C(=O)S/C(=C\c2cccnc2)C1=O. The Morgan fingerprint density at radius 3 is 3.04 bits per heavy atom. The van der Waals surface area contributed by atoms with Crippen molar-refractivity contribution >= 4 is 34.9 Å². The Balaban J connectivity index is 1.50. The molecule has 0 radical (unpaired) electrons. The van der Waals surface area contributed by atoms with Crippen molar-refractivity contribution in [2.24, 2.45) is 5.92 Å². The summed E-state index contributed by atoms with van der Waals surface area (Å²) in [6, 6.07) is 3.59. The quantitative estimate of drug-likeness (QED) is 0.625. The van der Waals surface area contributed by atoms with E-state index in [-0.39, 0.29) is 30.1 Å². The summed E-state index contributed by atoms with van der Waals surface area (Å²) in [5.41, 5.74) is 0.769. The average molecular weight is 357 g/mol. The van der Waals surface area contributed by atoms with Gasteiger partial charge in [-0.05, 0) is 48.2 Å². The molecule has 1 atom stereocenters. The summed E-state index contributed by atoms with van der Waals surface area (Å²) in [5, 5.41) is 2.47. The first-order valence-corrected chi connectivity index (χ1v) is 9.04. The largest absolute Gasteiger partial charge is 0.354 e. The van der Waals surface area contributed by atoms with Gasteiger partial charge in [-0.25, -0.2) is 0 Å². The van der Waals surface area contributed by atoms with Crippen molar-refractivity contribution < 1.29 is 14.4 Å². The van der Waals surface area contributed by atoms with Crippen LogP contribution in [0.4, 0.5) is 4.79 Å². The zero-order valence-corrected chi connectivity index (χ0v) is 14.5. The van der Waals surface area contributed by atoms with Crippen molar-refractivity contribution in [3.8, 4) is 0 Å². The second-order valence-electron chi connectivity index (χ2n) is 5.94. The number of allylic oxidation sites excluding steroid dienone is 2. The normalized spacial score (nSPS) is 21.4. The number of nitrogens with one attached hydrogen (secondary N) is 1. The molecule has 1 aliphatic heterocycles. The summed E-state index contributed by atoms with van der Waals surface area (Å²) >= 11 is 0.911. The van der Waals surface area contributed by atoms with Crippen LogP contribution in [0, 0.1) is 5.92 Å². The molecule has 1 N–H and O–H groups in total. The molecule has 1 fully saturated rings. The van der Waals surface area contributed by atoms with Gasteiger partial charge in [-0.3, -0.25) is 24.3 Å². The number of carbonyl (C=O) groups is 3. The molecule has 0 saturated carbocycles. The predicted octanol–water partition coefficient (Wildman–Crippen LogP) is 2.59. The van der Waals surface area contributed by atoms with Crippen LogP contribution in [0.2, 0.25) is 0 Å².